The van der Waals surface area contributed by atoms with E-state index in [1.54, 1.807) is 7.05 Å². The van der Waals surface area contributed by atoms with E-state index in [-0.39, 0.29) is 5.92 Å². The average molecular weight is 192 g/mol. The van der Waals surface area contributed by atoms with Crippen molar-refractivity contribution in [1.82, 2.24) is 5.32 Å². The Morgan fingerprint density at radius 2 is 2.57 bits per heavy atom. The first-order chi connectivity index (χ1) is 6.86. The van der Waals surface area contributed by atoms with Gasteiger partial charge in [-0.2, -0.15) is 0 Å². The first-order valence-corrected chi connectivity index (χ1v) is 4.78. The zero-order valence-electron chi connectivity index (χ0n) is 8.64. The molecule has 1 N–H and O–H groups in total. The van der Waals surface area contributed by atoms with E-state index >= 15 is 0 Å². The summed E-state index contributed by atoms with van der Waals surface area (Å²) in [4.78, 5) is 12.5. The van der Waals surface area contributed by atoms with Crippen LogP contribution in [0, 0.1) is 5.92 Å². The van der Waals surface area contributed by atoms with Crippen molar-refractivity contribution in [3.63, 3.8) is 0 Å². The summed E-state index contributed by atoms with van der Waals surface area (Å²) in [5.74, 6) is 0.885. The number of guanidine groups is 1. The van der Waals surface area contributed by atoms with E-state index in [0.29, 0.717) is 12.5 Å². The SMILES string of the molecule is CCNC1=N/CC=C[C@H](/C=N\C)/C=N\1. The predicted molar refractivity (Wildman–Crippen MR) is 61.5 cm³/mol. The van der Waals surface area contributed by atoms with Gasteiger partial charge in [0.25, 0.3) is 0 Å². The Morgan fingerprint density at radius 3 is 3.29 bits per heavy atom. The minimum Gasteiger partial charge on any atom is -0.355 e. The van der Waals surface area contributed by atoms with Gasteiger partial charge in [0.1, 0.15) is 0 Å². The maximum Gasteiger partial charge on any atom is 0.217 e. The third kappa shape index (κ3) is 3.51. The number of nitrogens with zero attached hydrogens (tertiary/aromatic N) is 3. The molecule has 0 bridgehead atoms. The number of rotatable bonds is 2. The maximum atomic E-state index is 4.24. The van der Waals surface area contributed by atoms with Crippen LogP contribution in [0.15, 0.2) is 27.1 Å². The van der Waals surface area contributed by atoms with Gasteiger partial charge in [-0.1, -0.05) is 12.2 Å². The molecular weight excluding hydrogens is 176 g/mol. The van der Waals surface area contributed by atoms with Crippen LogP contribution in [0.4, 0.5) is 0 Å². The summed E-state index contributed by atoms with van der Waals surface area (Å²) in [6, 6.07) is 0. The smallest absolute Gasteiger partial charge is 0.217 e. The number of allylic oxidation sites excluding steroid dienone is 1. The third-order valence-electron chi connectivity index (χ3n) is 1.73. The Hall–Kier alpha value is -1.45. The van der Waals surface area contributed by atoms with E-state index < -0.39 is 0 Å². The number of hydrogen-bond donors (Lipinski definition) is 1. The van der Waals surface area contributed by atoms with Gasteiger partial charge in [-0.3, -0.25) is 4.99 Å². The molecule has 1 atom stereocenters. The van der Waals surface area contributed by atoms with E-state index in [1.807, 2.05) is 31.5 Å². The minimum absolute atomic E-state index is 0.184. The van der Waals surface area contributed by atoms with Gasteiger partial charge < -0.3 is 5.32 Å². The Kier molecular flexibility index (Phi) is 4.61. The van der Waals surface area contributed by atoms with E-state index in [1.165, 1.54) is 0 Å². The number of hydrogen-bond acceptors (Lipinski definition) is 4. The van der Waals surface area contributed by atoms with E-state index in [9.17, 15) is 0 Å². The largest absolute Gasteiger partial charge is 0.355 e. The van der Waals surface area contributed by atoms with E-state index in [2.05, 4.69) is 20.3 Å². The summed E-state index contributed by atoms with van der Waals surface area (Å²) in [5, 5.41) is 3.09. The highest BCUT2D eigenvalue weighted by molar-refractivity contribution is 5.94. The molecule has 0 saturated heterocycles. The molecule has 0 fully saturated rings. The van der Waals surface area contributed by atoms with Crippen LogP contribution in [0.3, 0.4) is 0 Å². The molecule has 0 aromatic heterocycles. The molecule has 76 valence electrons. The topological polar surface area (TPSA) is 49.1 Å². The zero-order valence-corrected chi connectivity index (χ0v) is 8.64. The Bertz CT molecular complexity index is 276. The van der Waals surface area contributed by atoms with Crippen LogP contribution in [0.2, 0.25) is 0 Å². The normalized spacial score (nSPS) is 27.9. The predicted octanol–water partition coefficient (Wildman–Crippen LogP) is 0.909. The molecule has 4 heteroatoms. The third-order valence-corrected chi connectivity index (χ3v) is 1.73. The molecule has 0 amide bonds. The Labute approximate surface area is 84.6 Å². The summed E-state index contributed by atoms with van der Waals surface area (Å²) in [6.45, 7) is 3.54. The first kappa shape index (κ1) is 10.6. The fourth-order valence-electron chi connectivity index (χ4n) is 1.12. The highest BCUT2D eigenvalue weighted by Crippen LogP contribution is 1.96. The Morgan fingerprint density at radius 1 is 1.71 bits per heavy atom. The lowest BCUT2D eigenvalue weighted by atomic mass is 10.1. The maximum absolute atomic E-state index is 4.24. The molecule has 1 rings (SSSR count). The van der Waals surface area contributed by atoms with Crippen LogP contribution < -0.4 is 5.32 Å². The second-order valence-electron chi connectivity index (χ2n) is 2.89. The molecule has 0 saturated carbocycles. The van der Waals surface area contributed by atoms with Crippen molar-refractivity contribution in [3.05, 3.63) is 12.2 Å². The van der Waals surface area contributed by atoms with Crippen molar-refractivity contribution in [2.24, 2.45) is 20.9 Å². The van der Waals surface area contributed by atoms with Crippen molar-refractivity contribution < 1.29 is 0 Å². The molecule has 4 nitrogen and oxygen atoms in total. The van der Waals surface area contributed by atoms with Crippen LogP contribution in [-0.2, 0) is 0 Å². The second kappa shape index (κ2) is 6.07. The second-order valence-corrected chi connectivity index (χ2v) is 2.89. The molecule has 1 heterocycles. The summed E-state index contributed by atoms with van der Waals surface area (Å²) in [6.07, 6.45) is 7.76. The van der Waals surface area contributed by atoms with E-state index in [0.717, 1.165) is 6.54 Å². The average Bonchev–Trinajstić information content (AvgIpc) is 2.15. The van der Waals surface area contributed by atoms with Gasteiger partial charge in [-0.05, 0) is 6.92 Å². The fraction of sp³-hybridized carbons (Fsp3) is 0.500. The van der Waals surface area contributed by atoms with Gasteiger partial charge in [-0.25, -0.2) is 9.98 Å². The van der Waals surface area contributed by atoms with Gasteiger partial charge in [0.2, 0.25) is 5.96 Å². The number of nitrogens with one attached hydrogen (secondary N) is 1. The molecule has 14 heavy (non-hydrogen) atoms. The molecule has 0 radical (unpaired) electrons. The summed E-state index contributed by atoms with van der Waals surface area (Å²) in [7, 11) is 1.76. The first-order valence-electron chi connectivity index (χ1n) is 4.78. The summed E-state index contributed by atoms with van der Waals surface area (Å²) < 4.78 is 0. The molecule has 0 spiro atoms. The summed E-state index contributed by atoms with van der Waals surface area (Å²) >= 11 is 0. The zero-order chi connectivity index (χ0) is 10.2. The van der Waals surface area contributed by atoms with E-state index in [4.69, 9.17) is 0 Å². The van der Waals surface area contributed by atoms with Gasteiger partial charge in [0, 0.05) is 31.9 Å². The highest BCUT2D eigenvalue weighted by atomic mass is 15.1. The molecule has 1 aliphatic heterocycles. The van der Waals surface area contributed by atoms with Crippen molar-refractivity contribution in [2.75, 3.05) is 20.1 Å². The summed E-state index contributed by atoms with van der Waals surface area (Å²) in [5.41, 5.74) is 0. The molecule has 0 aliphatic carbocycles. The standard InChI is InChI=1S/C10H16N4/c1-3-12-10-13-6-4-5-9(7-11-2)8-14-10/h4-5,7-9H,3,6H2,1-2H3,(H,12,13)/b5-4?,11-7-,14-8-/t9-/m1/s1. The van der Waals surface area contributed by atoms with Crippen molar-refractivity contribution >= 4 is 18.4 Å². The van der Waals surface area contributed by atoms with Crippen LogP contribution >= 0.6 is 0 Å². The quantitative estimate of drug-likeness (QED) is 0.513. The molecule has 0 unspecified atom stereocenters. The monoisotopic (exact) mass is 192 g/mol. The Balaban J connectivity index is 2.68. The van der Waals surface area contributed by atoms with Crippen molar-refractivity contribution in [2.45, 2.75) is 6.92 Å². The van der Waals surface area contributed by atoms with Crippen molar-refractivity contribution in [1.29, 1.82) is 0 Å². The minimum atomic E-state index is 0.184. The van der Waals surface area contributed by atoms with Gasteiger partial charge in [0.05, 0.1) is 6.54 Å². The lowest BCUT2D eigenvalue weighted by molar-refractivity contribution is 0.940. The van der Waals surface area contributed by atoms with Crippen LogP contribution in [-0.4, -0.2) is 38.5 Å². The molecule has 0 aromatic carbocycles. The fourth-order valence-corrected chi connectivity index (χ4v) is 1.12. The lowest BCUT2D eigenvalue weighted by Crippen LogP contribution is -2.22. The van der Waals surface area contributed by atoms with Gasteiger partial charge in [-0.15, -0.1) is 0 Å². The van der Waals surface area contributed by atoms with Gasteiger partial charge in [0.15, 0.2) is 0 Å². The van der Waals surface area contributed by atoms with Crippen LogP contribution in [0.1, 0.15) is 6.92 Å². The molecule has 1 aliphatic rings. The van der Waals surface area contributed by atoms with Crippen LogP contribution in [0.5, 0.6) is 0 Å². The van der Waals surface area contributed by atoms with Gasteiger partial charge >= 0.3 is 0 Å². The molecule has 0 aromatic rings. The van der Waals surface area contributed by atoms with Crippen LogP contribution in [0.25, 0.3) is 0 Å². The van der Waals surface area contributed by atoms with Crippen molar-refractivity contribution in [3.8, 4) is 0 Å². The lowest BCUT2D eigenvalue weighted by Gasteiger charge is -2.05. The highest BCUT2D eigenvalue weighted by Gasteiger charge is 2.00. The molecular formula is C10H16N4. The number of aliphatic imine (C=N–C) groups is 3.